The van der Waals surface area contributed by atoms with Gasteiger partial charge in [-0.2, -0.15) is 0 Å². The third-order valence-corrected chi connectivity index (χ3v) is 5.88. The van der Waals surface area contributed by atoms with E-state index in [9.17, 15) is 9.59 Å². The number of nitrogens with one attached hydrogen (secondary N) is 2. The Bertz CT molecular complexity index is 654. The van der Waals surface area contributed by atoms with Crippen LogP contribution in [0.3, 0.4) is 0 Å². The van der Waals surface area contributed by atoms with Gasteiger partial charge in [0.1, 0.15) is 6.04 Å². The summed E-state index contributed by atoms with van der Waals surface area (Å²) in [6.45, 7) is 0.875. The highest BCUT2D eigenvalue weighted by molar-refractivity contribution is 5.87. The molecule has 3 aliphatic rings. The van der Waals surface area contributed by atoms with Gasteiger partial charge in [-0.15, -0.1) is 0 Å². The summed E-state index contributed by atoms with van der Waals surface area (Å²) in [6.07, 6.45) is 8.46. The van der Waals surface area contributed by atoms with Crippen molar-refractivity contribution in [3.8, 4) is 0 Å². The number of nitrogens with zero attached hydrogens (tertiary/aromatic N) is 1. The summed E-state index contributed by atoms with van der Waals surface area (Å²) in [6, 6.07) is 8.58. The second-order valence-electron chi connectivity index (χ2n) is 7.59. The molecule has 2 atom stereocenters. The lowest BCUT2D eigenvalue weighted by Gasteiger charge is -2.31. The van der Waals surface area contributed by atoms with E-state index in [1.807, 2.05) is 18.2 Å². The van der Waals surface area contributed by atoms with Crippen LogP contribution in [0.4, 0.5) is 5.69 Å². The van der Waals surface area contributed by atoms with Gasteiger partial charge in [-0.1, -0.05) is 31.4 Å². The van der Waals surface area contributed by atoms with Crippen molar-refractivity contribution < 1.29 is 9.59 Å². The van der Waals surface area contributed by atoms with Crippen molar-refractivity contribution in [2.45, 2.75) is 69.5 Å². The van der Waals surface area contributed by atoms with Crippen molar-refractivity contribution in [3.05, 3.63) is 29.8 Å². The van der Waals surface area contributed by atoms with Crippen molar-refractivity contribution >= 4 is 17.5 Å². The summed E-state index contributed by atoms with van der Waals surface area (Å²) in [5.41, 5.74) is 2.09. The molecule has 3 fully saturated rings. The van der Waals surface area contributed by atoms with E-state index < -0.39 is 0 Å². The number of carbonyl (C=O) groups is 2. The molecular weight excluding hydrogens is 314 g/mol. The lowest BCUT2D eigenvalue weighted by atomic mass is 9.94. The minimum Gasteiger partial charge on any atom is -0.374 e. The van der Waals surface area contributed by atoms with E-state index in [0.29, 0.717) is 12.5 Å². The smallest absolute Gasteiger partial charge is 0.245 e. The van der Waals surface area contributed by atoms with E-state index in [4.69, 9.17) is 0 Å². The van der Waals surface area contributed by atoms with Gasteiger partial charge in [-0.3, -0.25) is 9.59 Å². The van der Waals surface area contributed by atoms with Crippen molar-refractivity contribution in [2.75, 3.05) is 11.9 Å². The average molecular weight is 341 g/mol. The van der Waals surface area contributed by atoms with Gasteiger partial charge < -0.3 is 15.5 Å². The molecule has 4 rings (SSSR count). The molecule has 25 heavy (non-hydrogen) atoms. The van der Waals surface area contributed by atoms with Gasteiger partial charge in [0.15, 0.2) is 0 Å². The quantitative estimate of drug-likeness (QED) is 0.885. The van der Waals surface area contributed by atoms with Gasteiger partial charge in [0, 0.05) is 24.7 Å². The SMILES string of the molecule is O=C1CCC(c2cccc(NC3CCN(C4CCCCC4)C3=O)c2)N1. The van der Waals surface area contributed by atoms with Crippen LogP contribution >= 0.6 is 0 Å². The lowest BCUT2D eigenvalue weighted by Crippen LogP contribution is -2.41. The van der Waals surface area contributed by atoms with Crippen molar-refractivity contribution in [1.82, 2.24) is 10.2 Å². The van der Waals surface area contributed by atoms with Crippen molar-refractivity contribution in [3.63, 3.8) is 0 Å². The Kier molecular flexibility index (Phi) is 4.64. The molecule has 0 bridgehead atoms. The fraction of sp³-hybridized carbons (Fsp3) is 0.600. The molecular formula is C20H27N3O2. The topological polar surface area (TPSA) is 61.4 Å². The molecule has 0 radical (unpaired) electrons. The molecule has 2 amide bonds. The first kappa shape index (κ1) is 16.4. The van der Waals surface area contributed by atoms with E-state index in [2.05, 4.69) is 21.6 Å². The second-order valence-corrected chi connectivity index (χ2v) is 7.59. The predicted octanol–water partition coefficient (Wildman–Crippen LogP) is 2.98. The Morgan fingerprint density at radius 3 is 2.64 bits per heavy atom. The first-order chi connectivity index (χ1) is 12.2. The fourth-order valence-electron chi connectivity index (χ4n) is 4.50. The van der Waals surface area contributed by atoms with Crippen LogP contribution in [-0.4, -0.2) is 35.3 Å². The van der Waals surface area contributed by atoms with Crippen LogP contribution in [0.25, 0.3) is 0 Å². The minimum absolute atomic E-state index is 0.104. The Morgan fingerprint density at radius 2 is 1.88 bits per heavy atom. The molecule has 1 aliphatic carbocycles. The predicted molar refractivity (Wildman–Crippen MR) is 97.2 cm³/mol. The van der Waals surface area contributed by atoms with Gasteiger partial charge in [0.05, 0.1) is 6.04 Å². The van der Waals surface area contributed by atoms with E-state index >= 15 is 0 Å². The summed E-state index contributed by atoms with van der Waals surface area (Å²) in [7, 11) is 0. The summed E-state index contributed by atoms with van der Waals surface area (Å²) < 4.78 is 0. The largest absolute Gasteiger partial charge is 0.374 e. The van der Waals surface area contributed by atoms with Gasteiger partial charge in [-0.05, 0) is 43.4 Å². The second kappa shape index (κ2) is 7.06. The monoisotopic (exact) mass is 341 g/mol. The zero-order chi connectivity index (χ0) is 17.2. The molecule has 2 unspecified atom stereocenters. The molecule has 5 nitrogen and oxygen atoms in total. The standard InChI is InChI=1S/C20H27N3O2/c24-19-10-9-17(22-19)14-5-4-6-15(13-14)21-18-11-12-23(20(18)25)16-7-2-1-3-8-16/h4-6,13,16-18,21H,1-3,7-12H2,(H,22,24). The van der Waals surface area contributed by atoms with E-state index in [-0.39, 0.29) is 23.9 Å². The van der Waals surface area contributed by atoms with Crippen LogP contribution < -0.4 is 10.6 Å². The number of carbonyl (C=O) groups excluding carboxylic acids is 2. The Labute approximate surface area is 149 Å². The third-order valence-electron chi connectivity index (χ3n) is 5.88. The van der Waals surface area contributed by atoms with E-state index in [1.54, 1.807) is 0 Å². The molecule has 5 heteroatoms. The van der Waals surface area contributed by atoms with Gasteiger partial charge in [0.25, 0.3) is 0 Å². The number of benzene rings is 1. The van der Waals surface area contributed by atoms with Crippen LogP contribution in [0.2, 0.25) is 0 Å². The molecule has 0 aromatic heterocycles. The number of anilines is 1. The van der Waals surface area contributed by atoms with Gasteiger partial charge in [-0.25, -0.2) is 0 Å². The van der Waals surface area contributed by atoms with Gasteiger partial charge in [0.2, 0.25) is 11.8 Å². The maximum atomic E-state index is 12.8. The molecule has 2 aliphatic heterocycles. The molecule has 2 N–H and O–H groups in total. The highest BCUT2D eigenvalue weighted by Gasteiger charge is 2.36. The zero-order valence-corrected chi connectivity index (χ0v) is 14.7. The Morgan fingerprint density at radius 1 is 1.04 bits per heavy atom. The van der Waals surface area contributed by atoms with Crippen LogP contribution in [-0.2, 0) is 9.59 Å². The summed E-state index contributed by atoms with van der Waals surface area (Å²) in [4.78, 5) is 26.4. The summed E-state index contributed by atoms with van der Waals surface area (Å²) in [5, 5.41) is 6.44. The highest BCUT2D eigenvalue weighted by Crippen LogP contribution is 2.29. The van der Waals surface area contributed by atoms with Crippen molar-refractivity contribution in [2.24, 2.45) is 0 Å². The fourth-order valence-corrected chi connectivity index (χ4v) is 4.50. The van der Waals surface area contributed by atoms with Crippen LogP contribution in [0.15, 0.2) is 24.3 Å². The molecule has 2 heterocycles. The number of rotatable bonds is 4. The Balaban J connectivity index is 1.40. The number of hydrogen-bond acceptors (Lipinski definition) is 3. The Hall–Kier alpha value is -2.04. The van der Waals surface area contributed by atoms with Crippen LogP contribution in [0, 0.1) is 0 Å². The van der Waals surface area contributed by atoms with E-state index in [0.717, 1.165) is 43.5 Å². The van der Waals surface area contributed by atoms with Crippen molar-refractivity contribution in [1.29, 1.82) is 0 Å². The highest BCUT2D eigenvalue weighted by atomic mass is 16.2. The van der Waals surface area contributed by atoms with Crippen LogP contribution in [0.5, 0.6) is 0 Å². The number of amides is 2. The minimum atomic E-state index is -0.115. The normalized spacial score (nSPS) is 27.6. The molecule has 1 aromatic rings. The maximum Gasteiger partial charge on any atom is 0.245 e. The van der Waals surface area contributed by atoms with E-state index in [1.165, 1.54) is 19.3 Å². The maximum absolute atomic E-state index is 12.8. The first-order valence-electron chi connectivity index (χ1n) is 9.67. The molecule has 134 valence electrons. The van der Waals surface area contributed by atoms with Gasteiger partial charge >= 0.3 is 0 Å². The first-order valence-corrected chi connectivity index (χ1v) is 9.67. The molecule has 2 saturated heterocycles. The molecule has 1 saturated carbocycles. The third kappa shape index (κ3) is 3.51. The number of hydrogen-bond donors (Lipinski definition) is 2. The number of likely N-dealkylation sites (tertiary alicyclic amines) is 1. The summed E-state index contributed by atoms with van der Waals surface area (Å²) in [5.74, 6) is 0.379. The van der Waals surface area contributed by atoms with Crippen LogP contribution in [0.1, 0.15) is 63.0 Å². The lowest BCUT2D eigenvalue weighted by molar-refractivity contribution is -0.130. The molecule has 1 aromatic carbocycles. The zero-order valence-electron chi connectivity index (χ0n) is 14.7. The average Bonchev–Trinajstić information content (AvgIpc) is 3.23. The molecule has 0 spiro atoms. The summed E-state index contributed by atoms with van der Waals surface area (Å²) >= 11 is 0.